The summed E-state index contributed by atoms with van der Waals surface area (Å²) in [5.74, 6) is 1.68. The Bertz CT molecular complexity index is 988. The quantitative estimate of drug-likeness (QED) is 0.389. The molecule has 1 aromatic heterocycles. The van der Waals surface area contributed by atoms with Crippen molar-refractivity contribution in [3.05, 3.63) is 84.2 Å². The molecule has 0 aliphatic heterocycles. The number of ether oxygens (including phenoxy) is 1. The van der Waals surface area contributed by atoms with E-state index in [2.05, 4.69) is 22.1 Å². The second-order valence-electron chi connectivity index (χ2n) is 6.89. The Kier molecular flexibility index (Phi) is 7.68. The first-order valence-electron chi connectivity index (χ1n) is 9.76. The summed E-state index contributed by atoms with van der Waals surface area (Å²) in [7, 11) is 0. The van der Waals surface area contributed by atoms with Gasteiger partial charge in [-0.15, -0.1) is 16.8 Å². The Morgan fingerprint density at radius 2 is 2.03 bits per heavy atom. The molecule has 0 fully saturated rings. The van der Waals surface area contributed by atoms with Crippen molar-refractivity contribution in [1.29, 1.82) is 0 Å². The molecule has 6 nitrogen and oxygen atoms in total. The normalized spacial score (nSPS) is 11.7. The van der Waals surface area contributed by atoms with E-state index in [-0.39, 0.29) is 17.7 Å². The SMILES string of the molecule is C=CCn1c(COc2cccc(C)c2)nnc1SCC(=O)N[C@@H](C)c1ccccc1. The van der Waals surface area contributed by atoms with Gasteiger partial charge in [0.15, 0.2) is 11.0 Å². The average molecular weight is 423 g/mol. The predicted molar refractivity (Wildman–Crippen MR) is 119 cm³/mol. The van der Waals surface area contributed by atoms with Gasteiger partial charge >= 0.3 is 0 Å². The predicted octanol–water partition coefficient (Wildman–Crippen LogP) is 4.32. The van der Waals surface area contributed by atoms with Crippen molar-refractivity contribution in [1.82, 2.24) is 20.1 Å². The molecule has 1 N–H and O–H groups in total. The molecule has 30 heavy (non-hydrogen) atoms. The summed E-state index contributed by atoms with van der Waals surface area (Å²) in [6, 6.07) is 17.7. The molecule has 3 aromatic rings. The molecule has 0 saturated carbocycles. The fourth-order valence-corrected chi connectivity index (χ4v) is 3.71. The molecule has 0 radical (unpaired) electrons. The molecule has 156 valence electrons. The van der Waals surface area contributed by atoms with Gasteiger partial charge in [-0.05, 0) is 37.1 Å². The van der Waals surface area contributed by atoms with Crippen molar-refractivity contribution in [3.8, 4) is 5.75 Å². The van der Waals surface area contributed by atoms with Crippen molar-refractivity contribution in [2.75, 3.05) is 5.75 Å². The zero-order valence-electron chi connectivity index (χ0n) is 17.2. The molecule has 1 heterocycles. The van der Waals surface area contributed by atoms with E-state index < -0.39 is 0 Å². The van der Waals surface area contributed by atoms with E-state index in [1.807, 2.05) is 73.0 Å². The maximum Gasteiger partial charge on any atom is 0.230 e. The number of hydrogen-bond acceptors (Lipinski definition) is 5. The van der Waals surface area contributed by atoms with Gasteiger partial charge in [0, 0.05) is 6.54 Å². The van der Waals surface area contributed by atoms with Gasteiger partial charge in [-0.2, -0.15) is 0 Å². The molecular weight excluding hydrogens is 396 g/mol. The van der Waals surface area contributed by atoms with Crippen LogP contribution in [-0.2, 0) is 17.9 Å². The molecule has 1 amide bonds. The lowest BCUT2D eigenvalue weighted by Crippen LogP contribution is -2.28. The Hall–Kier alpha value is -3.06. The summed E-state index contributed by atoms with van der Waals surface area (Å²) in [6.07, 6.45) is 1.78. The van der Waals surface area contributed by atoms with Crippen LogP contribution in [0.3, 0.4) is 0 Å². The van der Waals surface area contributed by atoms with Crippen molar-refractivity contribution in [3.63, 3.8) is 0 Å². The summed E-state index contributed by atoms with van der Waals surface area (Å²) < 4.78 is 7.77. The Morgan fingerprint density at radius 1 is 1.23 bits per heavy atom. The molecule has 0 spiro atoms. The zero-order chi connectivity index (χ0) is 21.3. The van der Waals surface area contributed by atoms with Crippen LogP contribution < -0.4 is 10.1 Å². The van der Waals surface area contributed by atoms with Crippen molar-refractivity contribution < 1.29 is 9.53 Å². The van der Waals surface area contributed by atoms with Gasteiger partial charge in [0.1, 0.15) is 12.4 Å². The lowest BCUT2D eigenvalue weighted by molar-refractivity contribution is -0.119. The number of hydrogen-bond donors (Lipinski definition) is 1. The van der Waals surface area contributed by atoms with Crippen molar-refractivity contribution in [2.45, 2.75) is 38.2 Å². The maximum absolute atomic E-state index is 12.4. The first kappa shape index (κ1) is 21.6. The molecule has 0 saturated heterocycles. The maximum atomic E-state index is 12.4. The fraction of sp³-hybridized carbons (Fsp3) is 0.261. The van der Waals surface area contributed by atoms with E-state index >= 15 is 0 Å². The monoisotopic (exact) mass is 422 g/mol. The summed E-state index contributed by atoms with van der Waals surface area (Å²) in [6.45, 7) is 8.64. The number of nitrogens with zero attached hydrogens (tertiary/aromatic N) is 3. The van der Waals surface area contributed by atoms with E-state index in [9.17, 15) is 4.79 Å². The molecule has 0 unspecified atom stereocenters. The largest absolute Gasteiger partial charge is 0.486 e. The fourth-order valence-electron chi connectivity index (χ4n) is 2.94. The number of carbonyl (C=O) groups is 1. The molecule has 0 aliphatic rings. The van der Waals surface area contributed by atoms with Crippen LogP contribution in [0.1, 0.15) is 29.9 Å². The third-order valence-corrected chi connectivity index (χ3v) is 5.44. The zero-order valence-corrected chi connectivity index (χ0v) is 18.1. The smallest absolute Gasteiger partial charge is 0.230 e. The highest BCUT2D eigenvalue weighted by Gasteiger charge is 2.15. The Morgan fingerprint density at radius 3 is 2.77 bits per heavy atom. The first-order chi connectivity index (χ1) is 14.6. The molecule has 2 aromatic carbocycles. The van der Waals surface area contributed by atoms with Crippen LogP contribution in [0.25, 0.3) is 0 Å². The topological polar surface area (TPSA) is 69.0 Å². The van der Waals surface area contributed by atoms with Crippen LogP contribution in [-0.4, -0.2) is 26.4 Å². The van der Waals surface area contributed by atoms with Crippen LogP contribution in [0.5, 0.6) is 5.75 Å². The van der Waals surface area contributed by atoms with Gasteiger partial charge in [-0.25, -0.2) is 0 Å². The van der Waals surface area contributed by atoms with E-state index in [0.29, 0.717) is 24.1 Å². The van der Waals surface area contributed by atoms with Crippen molar-refractivity contribution in [2.24, 2.45) is 0 Å². The van der Waals surface area contributed by atoms with Crippen LogP contribution in [0.4, 0.5) is 0 Å². The van der Waals surface area contributed by atoms with E-state index in [1.165, 1.54) is 11.8 Å². The van der Waals surface area contributed by atoms with Crippen LogP contribution in [0, 0.1) is 6.92 Å². The third-order valence-electron chi connectivity index (χ3n) is 4.47. The number of carbonyl (C=O) groups excluding carboxylic acids is 1. The van der Waals surface area contributed by atoms with Gasteiger partial charge in [0.25, 0.3) is 0 Å². The highest BCUT2D eigenvalue weighted by atomic mass is 32.2. The van der Waals surface area contributed by atoms with E-state index in [0.717, 1.165) is 16.9 Å². The standard InChI is InChI=1S/C23H26N4O2S/c1-4-13-27-21(15-29-20-12-8-9-17(2)14-20)25-26-23(27)30-16-22(28)24-18(3)19-10-6-5-7-11-19/h4-12,14,18H,1,13,15-16H2,2-3H3,(H,24,28)/t18-/m0/s1. The number of rotatable bonds is 10. The highest BCUT2D eigenvalue weighted by molar-refractivity contribution is 7.99. The number of thioether (sulfide) groups is 1. The summed E-state index contributed by atoms with van der Waals surface area (Å²) in [5, 5.41) is 12.2. The van der Waals surface area contributed by atoms with Gasteiger partial charge < -0.3 is 10.1 Å². The van der Waals surface area contributed by atoms with E-state index in [1.54, 1.807) is 6.08 Å². The number of benzene rings is 2. The number of nitrogens with one attached hydrogen (secondary N) is 1. The molecule has 7 heteroatoms. The van der Waals surface area contributed by atoms with Crippen LogP contribution in [0.2, 0.25) is 0 Å². The van der Waals surface area contributed by atoms with Crippen LogP contribution in [0.15, 0.2) is 72.4 Å². The minimum atomic E-state index is -0.0536. The lowest BCUT2D eigenvalue weighted by atomic mass is 10.1. The van der Waals surface area contributed by atoms with E-state index in [4.69, 9.17) is 4.74 Å². The molecule has 1 atom stereocenters. The highest BCUT2D eigenvalue weighted by Crippen LogP contribution is 2.20. The minimum absolute atomic E-state index is 0.0522. The number of amides is 1. The Balaban J connectivity index is 1.58. The molecular formula is C23H26N4O2S. The number of aromatic nitrogens is 3. The Labute approximate surface area is 181 Å². The number of aryl methyl sites for hydroxylation is 1. The summed E-state index contributed by atoms with van der Waals surface area (Å²) in [4.78, 5) is 12.4. The molecule has 0 bridgehead atoms. The number of allylic oxidation sites excluding steroid dienone is 1. The summed E-state index contributed by atoms with van der Waals surface area (Å²) >= 11 is 1.35. The second kappa shape index (κ2) is 10.6. The van der Waals surface area contributed by atoms with Gasteiger partial charge in [-0.3, -0.25) is 9.36 Å². The molecule has 0 aliphatic carbocycles. The summed E-state index contributed by atoms with van der Waals surface area (Å²) in [5.41, 5.74) is 2.20. The average Bonchev–Trinajstić information content (AvgIpc) is 3.13. The van der Waals surface area contributed by atoms with Gasteiger partial charge in [0.05, 0.1) is 11.8 Å². The van der Waals surface area contributed by atoms with Crippen LogP contribution >= 0.6 is 11.8 Å². The van der Waals surface area contributed by atoms with Gasteiger partial charge in [-0.1, -0.05) is 60.3 Å². The minimum Gasteiger partial charge on any atom is -0.486 e. The lowest BCUT2D eigenvalue weighted by Gasteiger charge is -2.14. The van der Waals surface area contributed by atoms with Gasteiger partial charge in [0.2, 0.25) is 5.91 Å². The third kappa shape index (κ3) is 5.97. The van der Waals surface area contributed by atoms with Crippen molar-refractivity contribution >= 4 is 17.7 Å². The molecule has 3 rings (SSSR count). The second-order valence-corrected chi connectivity index (χ2v) is 7.83. The first-order valence-corrected chi connectivity index (χ1v) is 10.7.